The zero-order chi connectivity index (χ0) is 9.19. The zero-order valence-electron chi connectivity index (χ0n) is 6.61. The van der Waals surface area contributed by atoms with Gasteiger partial charge in [0.1, 0.15) is 0 Å². The first-order chi connectivity index (χ1) is 5.56. The highest BCUT2D eigenvalue weighted by Gasteiger charge is 2.09. The molecular formula is C7H10O2P2S. The summed E-state index contributed by atoms with van der Waals surface area (Å²) in [6.45, 7) is 1.93. The van der Waals surface area contributed by atoms with Gasteiger partial charge in [0, 0.05) is 7.47 Å². The minimum atomic E-state index is -3.02. The van der Waals surface area contributed by atoms with Crippen LogP contribution in [0.2, 0.25) is 0 Å². The first kappa shape index (κ1) is 10.1. The lowest BCUT2D eigenvalue weighted by molar-refractivity contribution is 0.610. The third-order valence-corrected chi connectivity index (χ3v) is 7.12. The minimum absolute atomic E-state index is 0.152. The average Bonchev–Trinajstić information content (AvgIpc) is 2.05. The van der Waals surface area contributed by atoms with E-state index in [0.29, 0.717) is 4.90 Å². The molecule has 66 valence electrons. The maximum Gasteiger partial charge on any atom is 0.195 e. The van der Waals surface area contributed by atoms with E-state index in [4.69, 9.17) is 0 Å². The first-order valence-corrected chi connectivity index (χ1v) is 8.37. The Bertz CT molecular complexity index is 355. The lowest BCUT2D eigenvalue weighted by Gasteiger charge is -2.00. The van der Waals surface area contributed by atoms with Crippen LogP contribution in [0.15, 0.2) is 29.2 Å². The van der Waals surface area contributed by atoms with Gasteiger partial charge in [-0.2, -0.15) is 0 Å². The second-order valence-corrected chi connectivity index (χ2v) is 8.59. The van der Waals surface area contributed by atoms with Crippen LogP contribution >= 0.6 is 16.4 Å². The molecule has 0 spiro atoms. The van der Waals surface area contributed by atoms with Gasteiger partial charge in [-0.1, -0.05) is 26.6 Å². The van der Waals surface area contributed by atoms with Crippen molar-refractivity contribution < 1.29 is 8.42 Å². The Kier molecular flexibility index (Phi) is 3.22. The third kappa shape index (κ3) is 2.26. The van der Waals surface area contributed by atoms with Crippen LogP contribution in [0.1, 0.15) is 5.56 Å². The van der Waals surface area contributed by atoms with Crippen LogP contribution in [-0.2, 0) is 9.46 Å². The molecule has 2 nitrogen and oxygen atoms in total. The van der Waals surface area contributed by atoms with Crippen molar-refractivity contribution in [2.24, 2.45) is 0 Å². The van der Waals surface area contributed by atoms with Gasteiger partial charge in [0.05, 0.1) is 4.90 Å². The fourth-order valence-electron chi connectivity index (χ4n) is 0.785. The van der Waals surface area contributed by atoms with E-state index in [2.05, 4.69) is 8.93 Å². The monoisotopic (exact) mass is 220 g/mol. The van der Waals surface area contributed by atoms with E-state index in [0.717, 1.165) is 5.56 Å². The fraction of sp³-hybridized carbons (Fsp3) is 0.143. The van der Waals surface area contributed by atoms with Gasteiger partial charge in [-0.15, -0.1) is 0 Å². The summed E-state index contributed by atoms with van der Waals surface area (Å²) in [5, 5.41) is 0. The van der Waals surface area contributed by atoms with E-state index in [1.165, 1.54) is 0 Å². The van der Waals surface area contributed by atoms with Crippen LogP contribution in [-0.4, -0.2) is 8.42 Å². The summed E-state index contributed by atoms with van der Waals surface area (Å²) < 4.78 is 22.6. The Labute approximate surface area is 76.3 Å². The summed E-state index contributed by atoms with van der Waals surface area (Å²) in [5.74, 6) is 0. The van der Waals surface area contributed by atoms with E-state index in [-0.39, 0.29) is 7.47 Å². The number of aryl methyl sites for hydroxylation is 1. The molecule has 0 aliphatic rings. The molecule has 2 unspecified atom stereocenters. The molecule has 0 saturated heterocycles. The molecule has 1 aromatic carbocycles. The van der Waals surface area contributed by atoms with Gasteiger partial charge in [-0.3, -0.25) is 0 Å². The van der Waals surface area contributed by atoms with E-state index in [9.17, 15) is 8.42 Å². The van der Waals surface area contributed by atoms with Gasteiger partial charge in [-0.05, 0) is 19.1 Å². The van der Waals surface area contributed by atoms with Gasteiger partial charge < -0.3 is 0 Å². The highest BCUT2D eigenvalue weighted by molar-refractivity contribution is 8.60. The molecule has 0 aliphatic carbocycles. The van der Waals surface area contributed by atoms with Crippen molar-refractivity contribution in [2.45, 2.75) is 11.8 Å². The molecule has 0 heterocycles. The van der Waals surface area contributed by atoms with Crippen molar-refractivity contribution in [1.29, 1.82) is 0 Å². The van der Waals surface area contributed by atoms with Crippen molar-refractivity contribution in [1.82, 2.24) is 0 Å². The summed E-state index contributed by atoms with van der Waals surface area (Å²) in [4.78, 5) is 0.404. The van der Waals surface area contributed by atoms with E-state index < -0.39 is 9.46 Å². The predicted octanol–water partition coefficient (Wildman–Crippen LogP) is 2.15. The second-order valence-electron chi connectivity index (χ2n) is 2.43. The van der Waals surface area contributed by atoms with Crippen LogP contribution in [0.4, 0.5) is 0 Å². The first-order valence-electron chi connectivity index (χ1n) is 3.35. The van der Waals surface area contributed by atoms with E-state index >= 15 is 0 Å². The van der Waals surface area contributed by atoms with Crippen molar-refractivity contribution in [3.05, 3.63) is 29.8 Å². The normalized spacial score (nSPS) is 12.5. The van der Waals surface area contributed by atoms with Crippen molar-refractivity contribution in [3.8, 4) is 0 Å². The Morgan fingerprint density at radius 1 is 1.25 bits per heavy atom. The highest BCUT2D eigenvalue weighted by Crippen LogP contribution is 2.35. The third-order valence-electron chi connectivity index (χ3n) is 1.49. The summed E-state index contributed by atoms with van der Waals surface area (Å²) in [7, 11) is -0.927. The van der Waals surface area contributed by atoms with Gasteiger partial charge >= 0.3 is 0 Å². The molecule has 5 heteroatoms. The topological polar surface area (TPSA) is 34.1 Å². The van der Waals surface area contributed by atoms with Crippen LogP contribution in [0, 0.1) is 6.92 Å². The van der Waals surface area contributed by atoms with Crippen LogP contribution in [0.3, 0.4) is 0 Å². The molecule has 1 aromatic rings. The highest BCUT2D eigenvalue weighted by atomic mass is 32.9. The summed E-state index contributed by atoms with van der Waals surface area (Å²) in [6, 6.07) is 6.89. The quantitative estimate of drug-likeness (QED) is 0.715. The number of rotatable bonds is 2. The maximum atomic E-state index is 11.3. The van der Waals surface area contributed by atoms with Crippen molar-refractivity contribution >= 4 is 25.9 Å². The second kappa shape index (κ2) is 3.83. The summed E-state index contributed by atoms with van der Waals surface area (Å²) in [5.41, 5.74) is 1.07. The van der Waals surface area contributed by atoms with Crippen LogP contribution in [0.25, 0.3) is 0 Å². The molecular weight excluding hydrogens is 210 g/mol. The van der Waals surface area contributed by atoms with Crippen molar-refractivity contribution in [3.63, 3.8) is 0 Å². The molecule has 2 atom stereocenters. The fourth-order valence-corrected chi connectivity index (χ4v) is 3.46. The van der Waals surface area contributed by atoms with Gasteiger partial charge in [0.25, 0.3) is 0 Å². The standard InChI is InChI=1S/C7H10O2P2S/c1-6-2-4-7(5-3-6)12(8,9)11-10/h2-5,11H,10H2,1H3. The summed E-state index contributed by atoms with van der Waals surface area (Å²) in [6.07, 6.45) is 0. The van der Waals surface area contributed by atoms with Gasteiger partial charge in [0.15, 0.2) is 9.46 Å². The Balaban J connectivity index is 3.14. The number of benzene rings is 1. The Morgan fingerprint density at radius 2 is 1.75 bits per heavy atom. The van der Waals surface area contributed by atoms with E-state index in [1.807, 2.05) is 6.92 Å². The largest absolute Gasteiger partial charge is 0.219 e. The van der Waals surface area contributed by atoms with Crippen LogP contribution < -0.4 is 0 Å². The predicted molar refractivity (Wildman–Crippen MR) is 56.4 cm³/mol. The Morgan fingerprint density at radius 3 is 2.17 bits per heavy atom. The molecule has 0 N–H and O–H groups in total. The molecule has 12 heavy (non-hydrogen) atoms. The molecule has 0 aromatic heterocycles. The van der Waals surface area contributed by atoms with Gasteiger partial charge in [0.2, 0.25) is 0 Å². The molecule has 0 fully saturated rings. The van der Waals surface area contributed by atoms with Crippen molar-refractivity contribution in [2.75, 3.05) is 0 Å². The molecule has 0 radical (unpaired) electrons. The number of hydrogen-bond donors (Lipinski definition) is 0. The number of hydrogen-bond acceptors (Lipinski definition) is 2. The van der Waals surface area contributed by atoms with Crippen LogP contribution in [0.5, 0.6) is 0 Å². The molecule has 0 saturated carbocycles. The SMILES string of the molecule is Cc1ccc(S(=O)(=O)PP)cc1. The van der Waals surface area contributed by atoms with E-state index in [1.54, 1.807) is 24.3 Å². The lowest BCUT2D eigenvalue weighted by atomic mass is 10.2. The smallest absolute Gasteiger partial charge is 0.195 e. The molecule has 0 aliphatic heterocycles. The Hall–Kier alpha value is 0.0300. The zero-order valence-corrected chi connectivity index (χ0v) is 9.58. The molecule has 0 amide bonds. The minimum Gasteiger partial charge on any atom is -0.219 e. The molecule has 1 rings (SSSR count). The average molecular weight is 220 g/mol. The van der Waals surface area contributed by atoms with Gasteiger partial charge in [-0.25, -0.2) is 8.42 Å². The summed E-state index contributed by atoms with van der Waals surface area (Å²) >= 11 is 0. The lowest BCUT2D eigenvalue weighted by Crippen LogP contribution is -1.90. The molecule has 0 bridgehead atoms. The maximum absolute atomic E-state index is 11.3.